The monoisotopic (exact) mass is 652 g/mol. The van der Waals surface area contributed by atoms with Gasteiger partial charge in [0, 0.05) is 22.5 Å². The van der Waals surface area contributed by atoms with Gasteiger partial charge in [-0.05, 0) is 83.9 Å². The molecule has 11 heteroatoms. The lowest BCUT2D eigenvalue weighted by atomic mass is 10.0. The van der Waals surface area contributed by atoms with E-state index in [1.807, 2.05) is 42.5 Å². The summed E-state index contributed by atoms with van der Waals surface area (Å²) >= 11 is 0. The van der Waals surface area contributed by atoms with Crippen molar-refractivity contribution in [2.45, 2.75) is 0 Å². The Kier molecular flexibility index (Phi) is 7.59. The summed E-state index contributed by atoms with van der Waals surface area (Å²) in [5, 5.41) is 1.21. The highest BCUT2D eigenvalue weighted by atomic mass is 31.2. The number of benzene rings is 5. The van der Waals surface area contributed by atoms with Gasteiger partial charge in [0.25, 0.3) is 14.7 Å². The summed E-state index contributed by atoms with van der Waals surface area (Å²) in [6.07, 6.45) is 0.171. The van der Waals surface area contributed by atoms with Gasteiger partial charge in [0.15, 0.2) is 0 Å². The van der Waals surface area contributed by atoms with Crippen LogP contribution in [0.4, 0.5) is 11.4 Å². The first-order chi connectivity index (χ1) is 22.2. The minimum absolute atomic E-state index is 0.0177. The van der Waals surface area contributed by atoms with Crippen LogP contribution in [0.3, 0.4) is 0 Å². The van der Waals surface area contributed by atoms with Crippen molar-refractivity contribution in [2.75, 3.05) is 37.0 Å². The number of carbonyl (C=O) groups is 1. The van der Waals surface area contributed by atoms with E-state index in [4.69, 9.17) is 30.0 Å². The fraction of sp³-hybridized carbons (Fsp3) is 0.114. The molecule has 2 aliphatic rings. The van der Waals surface area contributed by atoms with Crippen LogP contribution in [0.25, 0.3) is 22.3 Å². The molecule has 2 unspecified atom stereocenters. The number of hydrogen-bond acceptors (Lipinski definition) is 9. The molecular weight excluding hydrogens is 622 g/mol. The Morgan fingerprint density at radius 2 is 1.11 bits per heavy atom. The van der Waals surface area contributed by atoms with Gasteiger partial charge in [-0.1, -0.05) is 36.4 Å². The summed E-state index contributed by atoms with van der Waals surface area (Å²) < 4.78 is 51.4. The van der Waals surface area contributed by atoms with E-state index < -0.39 is 20.7 Å². The zero-order valence-electron chi connectivity index (χ0n) is 24.6. The Morgan fingerprint density at radius 1 is 0.609 bits per heavy atom. The van der Waals surface area contributed by atoms with Gasteiger partial charge in [-0.15, -0.1) is 0 Å². The Hall–Kier alpha value is -4.97. The Labute approximate surface area is 266 Å². The zero-order valence-corrected chi connectivity index (χ0v) is 26.4. The second-order valence-electron chi connectivity index (χ2n) is 11.0. The van der Waals surface area contributed by atoms with Gasteiger partial charge in [-0.3, -0.25) is 9.13 Å². The minimum Gasteiger partial charge on any atom is -0.493 e. The molecule has 5 aromatic rings. The number of hydrogen-bond donors (Lipinski definition) is 2. The smallest absolute Gasteiger partial charge is 0.338 e. The third-order valence-electron chi connectivity index (χ3n) is 7.98. The van der Waals surface area contributed by atoms with Crippen LogP contribution in [0, 0.1) is 0 Å². The van der Waals surface area contributed by atoms with Gasteiger partial charge in [-0.25, -0.2) is 4.79 Å². The van der Waals surface area contributed by atoms with Crippen molar-refractivity contribution in [1.29, 1.82) is 0 Å². The largest absolute Gasteiger partial charge is 0.493 e. The standard InChI is InChI=1S/C35H30N2O7P2/c36-24-11-15-31-29(21-24)27-5-1-3-7-33(27)45(39,43-31)19-17-41-26-13-9-23(10-14-26)35(38)42-18-20-46(40)34-8-4-2-6-28(34)30-22-25(37)12-16-32(30)44-46/h1-16,21-22H,17-20,36-37H2. The molecule has 2 heterocycles. The molecule has 4 N–H and O–H groups in total. The number of esters is 1. The second kappa shape index (κ2) is 11.8. The molecule has 9 nitrogen and oxygen atoms in total. The van der Waals surface area contributed by atoms with E-state index in [2.05, 4.69) is 0 Å². The molecule has 0 saturated heterocycles. The first kappa shape index (κ1) is 29.7. The molecule has 5 aromatic carbocycles. The predicted molar refractivity (Wildman–Crippen MR) is 180 cm³/mol. The Bertz CT molecular complexity index is 2080. The molecule has 0 aliphatic carbocycles. The lowest BCUT2D eigenvalue weighted by Gasteiger charge is -2.29. The van der Waals surface area contributed by atoms with Crippen LogP contribution in [0.5, 0.6) is 17.2 Å². The molecule has 7 rings (SSSR count). The molecule has 232 valence electrons. The van der Waals surface area contributed by atoms with Crippen LogP contribution in [0.1, 0.15) is 10.4 Å². The summed E-state index contributed by atoms with van der Waals surface area (Å²) in [4.78, 5) is 12.8. The molecule has 0 amide bonds. The van der Waals surface area contributed by atoms with Crippen LogP contribution >= 0.6 is 14.7 Å². The molecule has 2 atom stereocenters. The fourth-order valence-electron chi connectivity index (χ4n) is 5.73. The Morgan fingerprint density at radius 3 is 1.65 bits per heavy atom. The highest BCUT2D eigenvalue weighted by molar-refractivity contribution is 7.68. The van der Waals surface area contributed by atoms with Crippen molar-refractivity contribution in [2.24, 2.45) is 0 Å². The number of rotatable bonds is 8. The van der Waals surface area contributed by atoms with E-state index in [9.17, 15) is 13.9 Å². The van der Waals surface area contributed by atoms with Gasteiger partial charge < -0.3 is 30.0 Å². The van der Waals surface area contributed by atoms with Crippen LogP contribution in [-0.2, 0) is 13.9 Å². The van der Waals surface area contributed by atoms with Crippen LogP contribution in [-0.4, -0.2) is 31.5 Å². The number of nitrogen functional groups attached to an aromatic ring is 2. The number of ether oxygens (including phenoxy) is 2. The van der Waals surface area contributed by atoms with Crippen molar-refractivity contribution in [3.63, 3.8) is 0 Å². The van der Waals surface area contributed by atoms with Gasteiger partial charge in [0.05, 0.1) is 35.1 Å². The number of anilines is 2. The van der Waals surface area contributed by atoms with Crippen molar-refractivity contribution in [1.82, 2.24) is 0 Å². The first-order valence-electron chi connectivity index (χ1n) is 14.7. The third kappa shape index (κ3) is 5.53. The maximum absolute atomic E-state index is 14.0. The highest BCUT2D eigenvalue weighted by Gasteiger charge is 2.37. The fourth-order valence-corrected chi connectivity index (χ4v) is 9.96. The van der Waals surface area contributed by atoms with Crippen LogP contribution in [0.15, 0.2) is 109 Å². The summed E-state index contributed by atoms with van der Waals surface area (Å²) in [5.74, 6) is 0.945. The quantitative estimate of drug-likeness (QED) is 0.106. The third-order valence-corrected chi connectivity index (χ3v) is 12.8. The van der Waals surface area contributed by atoms with E-state index in [1.165, 1.54) is 0 Å². The topological polar surface area (TPSA) is 140 Å². The van der Waals surface area contributed by atoms with Crippen LogP contribution < -0.4 is 35.9 Å². The lowest BCUT2D eigenvalue weighted by molar-refractivity contribution is 0.0528. The maximum Gasteiger partial charge on any atom is 0.338 e. The van der Waals surface area contributed by atoms with E-state index in [-0.39, 0.29) is 25.5 Å². The molecule has 2 aliphatic heterocycles. The van der Waals surface area contributed by atoms with Crippen molar-refractivity contribution < 1.29 is 32.4 Å². The lowest BCUT2D eigenvalue weighted by Crippen LogP contribution is -2.22. The van der Waals surface area contributed by atoms with Crippen molar-refractivity contribution in [3.8, 4) is 39.5 Å². The van der Waals surface area contributed by atoms with Crippen molar-refractivity contribution in [3.05, 3.63) is 115 Å². The average Bonchev–Trinajstić information content (AvgIpc) is 3.06. The number of nitrogens with two attached hydrogens (primary N) is 2. The molecule has 0 aromatic heterocycles. The number of fused-ring (bicyclic) bond motifs is 6. The SMILES string of the molecule is Nc1ccc2c(c1)-c1ccccc1P(=O)(CCOC(=O)c1ccc(OCCP3(=O)Oc4ccc(N)cc4-c4ccccc43)cc1)O2. The zero-order chi connectivity index (χ0) is 31.9. The highest BCUT2D eigenvalue weighted by Crippen LogP contribution is 2.56. The van der Waals surface area contributed by atoms with Gasteiger partial charge in [0.2, 0.25) is 0 Å². The molecule has 0 radical (unpaired) electrons. The molecule has 0 saturated carbocycles. The van der Waals surface area contributed by atoms with Gasteiger partial charge in [-0.2, -0.15) is 0 Å². The maximum atomic E-state index is 14.0. The first-order valence-corrected chi connectivity index (χ1v) is 18.3. The van der Waals surface area contributed by atoms with E-state index in [0.717, 1.165) is 22.3 Å². The molecule has 0 bridgehead atoms. The normalized spacial score (nSPS) is 18.9. The molecule has 46 heavy (non-hydrogen) atoms. The molecule has 0 spiro atoms. The summed E-state index contributed by atoms with van der Waals surface area (Å²) in [5.41, 5.74) is 16.7. The van der Waals surface area contributed by atoms with Crippen LogP contribution in [0.2, 0.25) is 0 Å². The Balaban J connectivity index is 0.960. The van der Waals surface area contributed by atoms with Crippen molar-refractivity contribution >= 4 is 42.7 Å². The van der Waals surface area contributed by atoms with E-state index in [1.54, 1.807) is 66.7 Å². The average molecular weight is 653 g/mol. The number of carbonyl (C=O) groups excluding carboxylic acids is 1. The van der Waals surface area contributed by atoms with E-state index in [0.29, 0.717) is 44.8 Å². The predicted octanol–water partition coefficient (Wildman–Crippen LogP) is 6.71. The summed E-state index contributed by atoms with van der Waals surface area (Å²) in [7, 11) is -6.62. The summed E-state index contributed by atoms with van der Waals surface area (Å²) in [6.45, 7) is 0.0334. The molecular formula is C35H30N2O7P2. The second-order valence-corrected chi connectivity index (χ2v) is 15.9. The van der Waals surface area contributed by atoms with Gasteiger partial charge in [0.1, 0.15) is 23.9 Å². The minimum atomic E-state index is -3.35. The van der Waals surface area contributed by atoms with E-state index >= 15 is 0 Å². The molecule has 0 fully saturated rings. The summed E-state index contributed by atoms with van der Waals surface area (Å²) in [6, 6.07) is 31.7. The van der Waals surface area contributed by atoms with Gasteiger partial charge >= 0.3 is 5.97 Å².